The lowest BCUT2D eigenvalue weighted by Gasteiger charge is -2.08. The van der Waals surface area contributed by atoms with Crippen molar-refractivity contribution in [3.63, 3.8) is 0 Å². The molecule has 0 unspecified atom stereocenters. The zero-order valence-corrected chi connectivity index (χ0v) is 11.4. The van der Waals surface area contributed by atoms with Crippen LogP contribution in [0.5, 0.6) is 11.5 Å². The predicted octanol–water partition coefficient (Wildman–Crippen LogP) is 2.63. The maximum Gasteiger partial charge on any atom is 0.128 e. The molecule has 0 aromatic heterocycles. The van der Waals surface area contributed by atoms with Gasteiger partial charge in [-0.15, -0.1) is 0 Å². The van der Waals surface area contributed by atoms with Gasteiger partial charge in [-0.3, -0.25) is 0 Å². The molecule has 0 heterocycles. The molecule has 2 aromatic rings. The Morgan fingerprint density at radius 3 is 2.38 bits per heavy atom. The molecule has 0 aliphatic heterocycles. The van der Waals surface area contributed by atoms with E-state index < -0.39 is 5.82 Å². The second-order valence-electron chi connectivity index (χ2n) is 4.15. The number of para-hydroxylation sites is 1. The molecule has 0 amide bonds. The third-order valence-corrected chi connectivity index (χ3v) is 2.55. The van der Waals surface area contributed by atoms with E-state index in [1.54, 1.807) is 6.07 Å². The summed E-state index contributed by atoms with van der Waals surface area (Å²) in [6.45, 7) is 0.390. The highest BCUT2D eigenvalue weighted by Gasteiger charge is 2.01. The van der Waals surface area contributed by atoms with Crippen LogP contribution in [0, 0.1) is 17.7 Å². The van der Waals surface area contributed by atoms with Crippen molar-refractivity contribution >= 4 is 0 Å². The van der Waals surface area contributed by atoms with Crippen LogP contribution in [0.2, 0.25) is 0 Å². The van der Waals surface area contributed by atoms with Crippen molar-refractivity contribution in [2.24, 2.45) is 0 Å². The van der Waals surface area contributed by atoms with Gasteiger partial charge in [0.15, 0.2) is 0 Å². The van der Waals surface area contributed by atoms with Crippen molar-refractivity contribution in [2.75, 3.05) is 19.8 Å². The number of rotatable bonds is 5. The maximum absolute atomic E-state index is 13.4. The lowest BCUT2D eigenvalue weighted by Crippen LogP contribution is -2.09. The highest BCUT2D eigenvalue weighted by atomic mass is 19.1. The first-order valence-electron chi connectivity index (χ1n) is 6.49. The molecular formula is C17H15FO3. The van der Waals surface area contributed by atoms with E-state index in [1.165, 1.54) is 12.1 Å². The van der Waals surface area contributed by atoms with Crippen molar-refractivity contribution in [1.82, 2.24) is 0 Å². The van der Waals surface area contributed by atoms with Crippen LogP contribution in [0.15, 0.2) is 48.5 Å². The van der Waals surface area contributed by atoms with Crippen LogP contribution in [0.25, 0.3) is 0 Å². The fourth-order valence-electron chi connectivity index (χ4n) is 1.70. The topological polar surface area (TPSA) is 38.7 Å². The molecule has 0 saturated heterocycles. The smallest absolute Gasteiger partial charge is 0.128 e. The van der Waals surface area contributed by atoms with E-state index in [0.717, 1.165) is 5.75 Å². The molecule has 0 atom stereocenters. The van der Waals surface area contributed by atoms with Crippen LogP contribution >= 0.6 is 0 Å². The summed E-state index contributed by atoms with van der Waals surface area (Å²) in [5.41, 5.74) is 0.461. The molecule has 0 radical (unpaired) electrons. The Morgan fingerprint density at radius 1 is 0.952 bits per heavy atom. The molecule has 0 bridgehead atoms. The molecule has 3 nitrogen and oxygen atoms in total. The van der Waals surface area contributed by atoms with Crippen molar-refractivity contribution in [1.29, 1.82) is 0 Å². The van der Waals surface area contributed by atoms with Gasteiger partial charge in [0.05, 0.1) is 0 Å². The maximum atomic E-state index is 13.4. The predicted molar refractivity (Wildman–Crippen MR) is 77.8 cm³/mol. The summed E-state index contributed by atoms with van der Waals surface area (Å²) >= 11 is 0. The van der Waals surface area contributed by atoms with E-state index in [2.05, 4.69) is 11.8 Å². The van der Waals surface area contributed by atoms with Gasteiger partial charge in [-0.05, 0) is 24.3 Å². The van der Waals surface area contributed by atoms with Gasteiger partial charge in [-0.1, -0.05) is 30.0 Å². The van der Waals surface area contributed by atoms with Crippen LogP contribution in [-0.4, -0.2) is 24.9 Å². The van der Waals surface area contributed by atoms with Crippen LogP contribution in [0.4, 0.5) is 4.39 Å². The molecule has 0 aliphatic rings. The fourth-order valence-corrected chi connectivity index (χ4v) is 1.70. The van der Waals surface area contributed by atoms with E-state index in [0.29, 0.717) is 24.5 Å². The molecule has 0 fully saturated rings. The van der Waals surface area contributed by atoms with Crippen LogP contribution < -0.4 is 9.47 Å². The van der Waals surface area contributed by atoms with E-state index in [9.17, 15) is 4.39 Å². The van der Waals surface area contributed by atoms with Gasteiger partial charge >= 0.3 is 0 Å². The molecule has 4 heteroatoms. The molecular weight excluding hydrogens is 271 g/mol. The van der Waals surface area contributed by atoms with Gasteiger partial charge in [0.1, 0.15) is 37.1 Å². The first kappa shape index (κ1) is 14.9. The highest BCUT2D eigenvalue weighted by Crippen LogP contribution is 2.16. The molecule has 0 spiro atoms. The Hall–Kier alpha value is -2.51. The van der Waals surface area contributed by atoms with Crippen LogP contribution in [0.3, 0.4) is 0 Å². The molecule has 21 heavy (non-hydrogen) atoms. The molecule has 2 rings (SSSR count). The average Bonchev–Trinajstić information content (AvgIpc) is 2.50. The van der Waals surface area contributed by atoms with Gasteiger partial charge in [-0.25, -0.2) is 4.39 Å². The third kappa shape index (κ3) is 5.17. The summed E-state index contributed by atoms with van der Waals surface area (Å²) in [7, 11) is 0. The summed E-state index contributed by atoms with van der Waals surface area (Å²) in [4.78, 5) is 0. The normalized spacial score (nSPS) is 9.62. The quantitative estimate of drug-likeness (QED) is 0.678. The molecule has 0 saturated carbocycles. The summed E-state index contributed by atoms with van der Waals surface area (Å²) < 4.78 is 24.3. The second-order valence-corrected chi connectivity index (χ2v) is 4.15. The van der Waals surface area contributed by atoms with Gasteiger partial charge in [0, 0.05) is 11.6 Å². The first-order valence-corrected chi connectivity index (χ1v) is 6.49. The first-order chi connectivity index (χ1) is 10.3. The Labute approximate surface area is 122 Å². The molecule has 0 aliphatic carbocycles. The highest BCUT2D eigenvalue weighted by molar-refractivity contribution is 5.40. The minimum atomic E-state index is -0.432. The minimum Gasteiger partial charge on any atom is -0.490 e. The van der Waals surface area contributed by atoms with E-state index in [-0.39, 0.29) is 6.61 Å². The minimum absolute atomic E-state index is 0.266. The zero-order valence-electron chi connectivity index (χ0n) is 11.4. The Kier molecular flexibility index (Phi) is 5.62. The van der Waals surface area contributed by atoms with Crippen molar-refractivity contribution in [3.8, 4) is 23.3 Å². The number of hydrogen-bond acceptors (Lipinski definition) is 3. The van der Waals surface area contributed by atoms with E-state index in [4.69, 9.17) is 14.6 Å². The number of benzene rings is 2. The van der Waals surface area contributed by atoms with Gasteiger partial charge in [-0.2, -0.15) is 0 Å². The summed E-state index contributed by atoms with van der Waals surface area (Å²) in [5.74, 6) is 5.82. The number of halogens is 1. The summed E-state index contributed by atoms with van der Waals surface area (Å²) in [6, 6.07) is 13.6. The SMILES string of the molecule is OCC#Cc1cc(F)cc(OCCOc2ccccc2)c1. The van der Waals surface area contributed by atoms with E-state index in [1.807, 2.05) is 30.3 Å². The van der Waals surface area contributed by atoms with E-state index >= 15 is 0 Å². The van der Waals surface area contributed by atoms with Crippen molar-refractivity contribution < 1.29 is 19.0 Å². The number of aliphatic hydroxyl groups is 1. The lowest BCUT2D eigenvalue weighted by molar-refractivity contribution is 0.216. The molecule has 1 N–H and O–H groups in total. The Morgan fingerprint density at radius 2 is 1.67 bits per heavy atom. The molecule has 2 aromatic carbocycles. The van der Waals surface area contributed by atoms with Gasteiger partial charge < -0.3 is 14.6 Å². The fraction of sp³-hybridized carbons (Fsp3) is 0.176. The van der Waals surface area contributed by atoms with Gasteiger partial charge in [0.2, 0.25) is 0 Å². The van der Waals surface area contributed by atoms with Crippen molar-refractivity contribution in [3.05, 3.63) is 59.9 Å². The summed E-state index contributed by atoms with van der Waals surface area (Å²) in [5, 5.41) is 8.63. The largest absolute Gasteiger partial charge is 0.490 e. The Balaban J connectivity index is 1.86. The van der Waals surface area contributed by atoms with Crippen LogP contribution in [-0.2, 0) is 0 Å². The molecule has 108 valence electrons. The number of aliphatic hydroxyl groups excluding tert-OH is 1. The average molecular weight is 286 g/mol. The zero-order chi connectivity index (χ0) is 14.9. The standard InChI is InChI=1S/C17H15FO3/c18-15-11-14(5-4-8-19)12-17(13-15)21-10-9-20-16-6-2-1-3-7-16/h1-3,6-7,11-13,19H,8-10H2. The monoisotopic (exact) mass is 286 g/mol. The summed E-state index contributed by atoms with van der Waals surface area (Å²) in [6.07, 6.45) is 0. The number of hydrogen-bond donors (Lipinski definition) is 1. The van der Waals surface area contributed by atoms with Gasteiger partial charge in [0.25, 0.3) is 0 Å². The lowest BCUT2D eigenvalue weighted by atomic mass is 10.2. The van der Waals surface area contributed by atoms with Crippen molar-refractivity contribution in [2.45, 2.75) is 0 Å². The van der Waals surface area contributed by atoms with Crippen LogP contribution in [0.1, 0.15) is 5.56 Å². The second kappa shape index (κ2) is 7.93. The third-order valence-electron chi connectivity index (χ3n) is 2.55. The Bertz CT molecular complexity index is 629. The number of ether oxygens (including phenoxy) is 2.